The van der Waals surface area contributed by atoms with Gasteiger partial charge in [-0.2, -0.15) is 0 Å². The highest BCUT2D eigenvalue weighted by Crippen LogP contribution is 2.40. The molecule has 3 aromatic carbocycles. The number of esters is 2. The van der Waals surface area contributed by atoms with Gasteiger partial charge in [-0.3, -0.25) is 15.0 Å². The maximum Gasteiger partial charge on any atom is 0.338 e. The van der Waals surface area contributed by atoms with E-state index < -0.39 is 28.9 Å². The Hall–Kier alpha value is -4.96. The second-order valence-electron chi connectivity index (χ2n) is 12.0. The molecule has 3 N–H and O–H groups in total. The summed E-state index contributed by atoms with van der Waals surface area (Å²) < 4.78 is 11.8. The second-order valence-corrected chi connectivity index (χ2v) is 12.0. The minimum Gasteiger partial charge on any atom is -0.462 e. The molecular formula is C37H42N4O6. The molecule has 2 heterocycles. The average molecular weight is 639 g/mol. The molecule has 10 heteroatoms. The number of hydrogen-bond donors (Lipinski definition) is 2. The van der Waals surface area contributed by atoms with Crippen LogP contribution in [0.1, 0.15) is 74.6 Å². The summed E-state index contributed by atoms with van der Waals surface area (Å²) in [6.45, 7) is 5.18. The van der Waals surface area contributed by atoms with Crippen molar-refractivity contribution in [2.45, 2.75) is 64.0 Å². The summed E-state index contributed by atoms with van der Waals surface area (Å²) in [5.74, 6) is -2.29. The van der Waals surface area contributed by atoms with Crippen LogP contribution in [-0.4, -0.2) is 47.6 Å². The molecule has 0 bridgehead atoms. The van der Waals surface area contributed by atoms with Gasteiger partial charge in [0.2, 0.25) is 0 Å². The van der Waals surface area contributed by atoms with Gasteiger partial charge in [0.25, 0.3) is 5.69 Å². The van der Waals surface area contributed by atoms with E-state index in [-0.39, 0.29) is 35.3 Å². The first kappa shape index (κ1) is 33.4. The highest BCUT2D eigenvalue weighted by atomic mass is 16.6. The number of nitro groups is 1. The predicted molar refractivity (Wildman–Crippen MR) is 179 cm³/mol. The molecule has 2 aliphatic heterocycles. The molecular weight excluding hydrogens is 596 g/mol. The number of rotatable bonds is 13. The number of allylic oxidation sites excluding steroid dienone is 1. The minimum atomic E-state index is -1.02. The van der Waals surface area contributed by atoms with E-state index in [1.165, 1.54) is 18.2 Å². The van der Waals surface area contributed by atoms with Crippen molar-refractivity contribution >= 4 is 17.6 Å². The summed E-state index contributed by atoms with van der Waals surface area (Å²) in [5, 5.41) is 14.7. The maximum absolute atomic E-state index is 14.1. The van der Waals surface area contributed by atoms with Crippen LogP contribution < -0.4 is 11.1 Å². The summed E-state index contributed by atoms with van der Waals surface area (Å²) >= 11 is 0. The van der Waals surface area contributed by atoms with Crippen LogP contribution in [0.25, 0.3) is 0 Å². The van der Waals surface area contributed by atoms with Crippen LogP contribution in [0.2, 0.25) is 0 Å². The standard InChI is InChI=1S/C37H42N4O6/c1-3-4-5-12-22-46-36(42)31-25(2)39-35(38)33(32(31)28-18-13-19-29(23-28)41(44)45)37(43)47-30-20-21-40(24-30)34(26-14-8-6-9-15-26)27-16-10-7-11-17-27/h6-11,13-19,23,30,32,34,39H,3-5,12,20-22,24,38H2,1-2H3. The number of ether oxygens (including phenoxy) is 2. The van der Waals surface area contributed by atoms with E-state index in [2.05, 4.69) is 41.4 Å². The first-order valence-corrected chi connectivity index (χ1v) is 16.2. The van der Waals surface area contributed by atoms with E-state index in [1.807, 2.05) is 36.4 Å². The van der Waals surface area contributed by atoms with Crippen LogP contribution in [0.4, 0.5) is 5.69 Å². The number of likely N-dealkylation sites (tertiary alicyclic amines) is 1. The van der Waals surface area contributed by atoms with Gasteiger partial charge in [-0.1, -0.05) is 99.0 Å². The lowest BCUT2D eigenvalue weighted by Crippen LogP contribution is -2.37. The number of nitrogens with two attached hydrogens (primary N) is 1. The highest BCUT2D eigenvalue weighted by molar-refractivity contribution is 6.00. The van der Waals surface area contributed by atoms with Gasteiger partial charge < -0.3 is 20.5 Å². The number of dihydropyridines is 1. The fraction of sp³-hybridized carbons (Fsp3) is 0.351. The van der Waals surface area contributed by atoms with E-state index in [0.29, 0.717) is 37.2 Å². The predicted octanol–water partition coefficient (Wildman–Crippen LogP) is 6.26. The largest absolute Gasteiger partial charge is 0.462 e. The van der Waals surface area contributed by atoms with Crippen molar-refractivity contribution in [3.63, 3.8) is 0 Å². The van der Waals surface area contributed by atoms with E-state index in [1.54, 1.807) is 13.0 Å². The lowest BCUT2D eigenvalue weighted by Gasteiger charge is -2.31. The second kappa shape index (κ2) is 15.6. The van der Waals surface area contributed by atoms with Crippen LogP contribution in [0, 0.1) is 10.1 Å². The van der Waals surface area contributed by atoms with Gasteiger partial charge in [0, 0.05) is 30.9 Å². The molecule has 10 nitrogen and oxygen atoms in total. The Morgan fingerprint density at radius 1 is 0.957 bits per heavy atom. The molecule has 0 aromatic heterocycles. The first-order chi connectivity index (χ1) is 22.8. The van der Waals surface area contributed by atoms with Crippen molar-refractivity contribution in [1.82, 2.24) is 10.2 Å². The normalized spacial score (nSPS) is 18.3. The molecule has 47 heavy (non-hydrogen) atoms. The Bertz CT molecular complexity index is 1600. The van der Waals surface area contributed by atoms with Gasteiger partial charge >= 0.3 is 11.9 Å². The minimum absolute atomic E-state index is 0.0233. The lowest BCUT2D eigenvalue weighted by atomic mass is 9.81. The fourth-order valence-corrected chi connectivity index (χ4v) is 6.46. The van der Waals surface area contributed by atoms with Crippen molar-refractivity contribution in [3.05, 3.63) is 134 Å². The van der Waals surface area contributed by atoms with Gasteiger partial charge in [-0.25, -0.2) is 9.59 Å². The molecule has 0 amide bonds. The Labute approximate surface area is 275 Å². The SMILES string of the molecule is CCCCCCOC(=O)C1=C(C)NC(N)=C(C(=O)OC2CCN(C(c3ccccc3)c3ccccc3)C2)C1c1cccc([N+](=O)[O-])c1. The Morgan fingerprint density at radius 2 is 1.64 bits per heavy atom. The molecule has 2 aliphatic rings. The zero-order valence-electron chi connectivity index (χ0n) is 26.9. The van der Waals surface area contributed by atoms with E-state index in [4.69, 9.17) is 15.2 Å². The summed E-state index contributed by atoms with van der Waals surface area (Å²) in [4.78, 5) is 41.1. The summed E-state index contributed by atoms with van der Waals surface area (Å²) in [5.41, 5.74) is 9.53. The number of carbonyl (C=O) groups excluding carboxylic acids is 2. The summed E-state index contributed by atoms with van der Waals surface area (Å²) in [6, 6.07) is 26.3. The summed E-state index contributed by atoms with van der Waals surface area (Å²) in [6.07, 6.45) is 3.87. The monoisotopic (exact) mass is 638 g/mol. The quantitative estimate of drug-likeness (QED) is 0.0962. The number of carbonyl (C=O) groups is 2. The van der Waals surface area contributed by atoms with Gasteiger partial charge in [0.1, 0.15) is 11.9 Å². The Morgan fingerprint density at radius 3 is 2.28 bits per heavy atom. The molecule has 0 aliphatic carbocycles. The van der Waals surface area contributed by atoms with Crippen molar-refractivity contribution in [1.29, 1.82) is 0 Å². The Kier molecular flexibility index (Phi) is 11.1. The third kappa shape index (κ3) is 7.89. The molecule has 1 saturated heterocycles. The van der Waals surface area contributed by atoms with Crippen LogP contribution in [0.15, 0.2) is 108 Å². The van der Waals surface area contributed by atoms with Crippen molar-refractivity contribution in [3.8, 4) is 0 Å². The number of nitro benzene ring substituents is 1. The summed E-state index contributed by atoms with van der Waals surface area (Å²) in [7, 11) is 0. The molecule has 0 saturated carbocycles. The van der Waals surface area contributed by atoms with Crippen molar-refractivity contribution in [2.24, 2.45) is 5.73 Å². The maximum atomic E-state index is 14.1. The van der Waals surface area contributed by atoms with Crippen LogP contribution in [-0.2, 0) is 19.1 Å². The molecule has 3 aromatic rings. The fourth-order valence-electron chi connectivity index (χ4n) is 6.46. The van der Waals surface area contributed by atoms with Gasteiger partial charge in [-0.05, 0) is 36.5 Å². The Balaban J connectivity index is 1.40. The van der Waals surface area contributed by atoms with Crippen LogP contribution in [0.5, 0.6) is 0 Å². The molecule has 246 valence electrons. The molecule has 0 radical (unpaired) electrons. The zero-order chi connectivity index (χ0) is 33.3. The number of unbranched alkanes of at least 4 members (excludes halogenated alkanes) is 3. The third-order valence-corrected chi connectivity index (χ3v) is 8.72. The zero-order valence-corrected chi connectivity index (χ0v) is 26.9. The number of nitrogens with zero attached hydrogens (tertiary/aromatic N) is 2. The average Bonchev–Trinajstić information content (AvgIpc) is 3.52. The molecule has 5 rings (SSSR count). The number of nitrogens with one attached hydrogen (secondary N) is 1. The van der Waals surface area contributed by atoms with E-state index in [0.717, 1.165) is 30.4 Å². The topological polar surface area (TPSA) is 137 Å². The molecule has 2 atom stereocenters. The smallest absolute Gasteiger partial charge is 0.338 e. The van der Waals surface area contributed by atoms with Crippen LogP contribution in [0.3, 0.4) is 0 Å². The third-order valence-electron chi connectivity index (χ3n) is 8.72. The van der Waals surface area contributed by atoms with E-state index >= 15 is 0 Å². The number of non-ortho nitro benzene ring substituents is 1. The van der Waals surface area contributed by atoms with E-state index in [9.17, 15) is 19.7 Å². The lowest BCUT2D eigenvalue weighted by molar-refractivity contribution is -0.384. The number of benzene rings is 3. The van der Waals surface area contributed by atoms with Crippen molar-refractivity contribution < 1.29 is 24.0 Å². The highest BCUT2D eigenvalue weighted by Gasteiger charge is 2.41. The van der Waals surface area contributed by atoms with Gasteiger partial charge in [0.05, 0.1) is 34.6 Å². The number of hydrogen-bond acceptors (Lipinski definition) is 9. The van der Waals surface area contributed by atoms with Gasteiger partial charge in [-0.15, -0.1) is 0 Å². The molecule has 0 spiro atoms. The van der Waals surface area contributed by atoms with Crippen molar-refractivity contribution in [2.75, 3.05) is 19.7 Å². The van der Waals surface area contributed by atoms with Crippen LogP contribution >= 0.6 is 0 Å². The molecule has 2 unspecified atom stereocenters. The molecule has 1 fully saturated rings. The van der Waals surface area contributed by atoms with Gasteiger partial charge in [0.15, 0.2) is 0 Å². The first-order valence-electron chi connectivity index (χ1n) is 16.2.